The molecule has 0 fully saturated rings. The van der Waals surface area contributed by atoms with E-state index in [1.807, 2.05) is 79.0 Å². The molecule has 1 unspecified atom stereocenters. The zero-order chi connectivity index (χ0) is 33.3. The average molecular weight is 682 g/mol. The number of nitrogens with zero attached hydrogens (tertiary/aromatic N) is 2. The molecule has 0 aliphatic carbocycles. The van der Waals surface area contributed by atoms with E-state index in [4.69, 9.17) is 11.6 Å². The number of carbonyl (C=O) groups is 3. The first-order valence-corrected chi connectivity index (χ1v) is 16.7. The van der Waals surface area contributed by atoms with E-state index in [0.717, 1.165) is 21.7 Å². The van der Waals surface area contributed by atoms with Crippen molar-refractivity contribution < 1.29 is 14.4 Å². The Bertz CT molecular complexity index is 1910. The van der Waals surface area contributed by atoms with Crippen LogP contribution in [0.4, 0.5) is 16.5 Å². The van der Waals surface area contributed by atoms with Crippen molar-refractivity contribution in [2.24, 2.45) is 0 Å². The Labute approximate surface area is 286 Å². The van der Waals surface area contributed by atoms with Crippen molar-refractivity contribution in [3.8, 4) is 11.3 Å². The highest BCUT2D eigenvalue weighted by Crippen LogP contribution is 2.31. The molecule has 0 radical (unpaired) electrons. The van der Waals surface area contributed by atoms with E-state index in [1.165, 1.54) is 23.1 Å². The van der Waals surface area contributed by atoms with E-state index < -0.39 is 17.1 Å². The number of anilines is 3. The van der Waals surface area contributed by atoms with Gasteiger partial charge in [0.15, 0.2) is 5.13 Å². The molecule has 1 aromatic heterocycles. The molecule has 0 saturated heterocycles. The van der Waals surface area contributed by atoms with Crippen LogP contribution in [0.15, 0.2) is 119 Å². The quantitative estimate of drug-likeness (QED) is 0.0963. The molecule has 1 heterocycles. The fraction of sp³-hybridized carbons (Fsp3) is 0.111. The number of hydrogen-bond donors (Lipinski definition) is 3. The summed E-state index contributed by atoms with van der Waals surface area (Å²) >= 11 is 8.97. The Balaban J connectivity index is 1.27. The third kappa shape index (κ3) is 9.10. The molecule has 4 aromatic carbocycles. The first-order chi connectivity index (χ1) is 22.7. The van der Waals surface area contributed by atoms with E-state index in [2.05, 4.69) is 20.9 Å². The lowest BCUT2D eigenvalue weighted by atomic mass is 10.1. The van der Waals surface area contributed by atoms with E-state index in [1.54, 1.807) is 61.5 Å². The highest BCUT2D eigenvalue weighted by atomic mass is 35.5. The Morgan fingerprint density at radius 1 is 0.894 bits per heavy atom. The van der Waals surface area contributed by atoms with Crippen LogP contribution in [0.3, 0.4) is 0 Å². The summed E-state index contributed by atoms with van der Waals surface area (Å²) < 4.78 is 0. The molecule has 238 valence electrons. The van der Waals surface area contributed by atoms with Crippen molar-refractivity contribution in [1.29, 1.82) is 0 Å². The molecule has 1 atom stereocenters. The molecular weight excluding hydrogens is 650 g/mol. The van der Waals surface area contributed by atoms with Gasteiger partial charge in [0.2, 0.25) is 5.91 Å². The Kier molecular flexibility index (Phi) is 11.1. The summed E-state index contributed by atoms with van der Waals surface area (Å²) in [5, 5.41) is 11.0. The maximum atomic E-state index is 13.5. The topological polar surface area (TPSA) is 103 Å². The van der Waals surface area contributed by atoms with Crippen molar-refractivity contribution in [3.05, 3.63) is 130 Å². The van der Waals surface area contributed by atoms with Crippen molar-refractivity contribution >= 4 is 75.0 Å². The smallest absolute Gasteiger partial charge is 0.272 e. The number of thioether (sulfide) groups is 1. The van der Waals surface area contributed by atoms with Crippen LogP contribution in [0.25, 0.3) is 17.3 Å². The number of carbonyl (C=O) groups excluding carboxylic acids is 3. The van der Waals surface area contributed by atoms with Gasteiger partial charge >= 0.3 is 0 Å². The molecule has 0 aliphatic heterocycles. The number of halogens is 1. The summed E-state index contributed by atoms with van der Waals surface area (Å²) in [6.45, 7) is 1.80. The average Bonchev–Trinajstić information content (AvgIpc) is 3.53. The molecule has 11 heteroatoms. The van der Waals surface area contributed by atoms with Gasteiger partial charge in [0.05, 0.1) is 10.9 Å². The van der Waals surface area contributed by atoms with Gasteiger partial charge in [-0.3, -0.25) is 14.4 Å². The number of nitrogens with one attached hydrogen (secondary N) is 3. The molecule has 0 aliphatic rings. The van der Waals surface area contributed by atoms with E-state index in [0.29, 0.717) is 27.1 Å². The van der Waals surface area contributed by atoms with Crippen LogP contribution in [-0.4, -0.2) is 42.1 Å². The van der Waals surface area contributed by atoms with Crippen LogP contribution >= 0.6 is 34.7 Å². The van der Waals surface area contributed by atoms with E-state index in [9.17, 15) is 14.4 Å². The molecule has 0 spiro atoms. The van der Waals surface area contributed by atoms with Crippen molar-refractivity contribution in [2.45, 2.75) is 17.1 Å². The van der Waals surface area contributed by atoms with E-state index in [-0.39, 0.29) is 11.6 Å². The number of hydrogen-bond acceptors (Lipinski definition) is 7. The van der Waals surface area contributed by atoms with Gasteiger partial charge in [-0.15, -0.1) is 23.1 Å². The molecule has 0 saturated carbocycles. The van der Waals surface area contributed by atoms with Crippen LogP contribution in [-0.2, 0) is 9.59 Å². The van der Waals surface area contributed by atoms with Crippen LogP contribution in [0, 0.1) is 0 Å². The Morgan fingerprint density at radius 3 is 2.34 bits per heavy atom. The maximum Gasteiger partial charge on any atom is 0.272 e. The highest BCUT2D eigenvalue weighted by Gasteiger charge is 2.19. The number of benzene rings is 4. The third-order valence-corrected chi connectivity index (χ3v) is 9.09. The van der Waals surface area contributed by atoms with Gasteiger partial charge in [0.25, 0.3) is 11.8 Å². The van der Waals surface area contributed by atoms with Crippen LogP contribution in [0.5, 0.6) is 0 Å². The summed E-state index contributed by atoms with van der Waals surface area (Å²) in [5.41, 5.74) is 4.27. The van der Waals surface area contributed by atoms with Gasteiger partial charge in [-0.05, 0) is 67.1 Å². The number of thiazole rings is 1. The fourth-order valence-electron chi connectivity index (χ4n) is 4.41. The second-order valence-corrected chi connectivity index (χ2v) is 13.3. The first-order valence-electron chi connectivity index (χ1n) is 14.6. The van der Waals surface area contributed by atoms with Gasteiger partial charge in [-0.2, -0.15) is 0 Å². The lowest BCUT2D eigenvalue weighted by Crippen LogP contribution is -2.30. The summed E-state index contributed by atoms with van der Waals surface area (Å²) in [6.07, 6.45) is 1.64. The fourth-order valence-corrected chi connectivity index (χ4v) is 6.28. The minimum absolute atomic E-state index is 0.0851. The second kappa shape index (κ2) is 15.6. The number of rotatable bonds is 11. The molecule has 0 bridgehead atoms. The normalized spacial score (nSPS) is 11.8. The van der Waals surface area contributed by atoms with Gasteiger partial charge in [-0.25, -0.2) is 4.98 Å². The molecule has 8 nitrogen and oxygen atoms in total. The number of amides is 3. The van der Waals surface area contributed by atoms with Crippen molar-refractivity contribution in [2.75, 3.05) is 29.6 Å². The van der Waals surface area contributed by atoms with Crippen LogP contribution in [0.2, 0.25) is 5.02 Å². The van der Waals surface area contributed by atoms with Crippen molar-refractivity contribution in [1.82, 2.24) is 10.3 Å². The van der Waals surface area contributed by atoms with Crippen LogP contribution in [0.1, 0.15) is 22.8 Å². The SMILES string of the molecule is CC(Sc1cccc(NC(=O)/C(=C\c2ccc(N(C)C)cc2)NC(=O)c2ccccc2)c1)C(=O)Nc1nc(-c2ccccc2Cl)cs1. The number of aromatic nitrogens is 1. The lowest BCUT2D eigenvalue weighted by molar-refractivity contribution is -0.115. The zero-order valence-corrected chi connectivity index (χ0v) is 28.2. The zero-order valence-electron chi connectivity index (χ0n) is 25.9. The molecule has 3 amide bonds. The van der Waals surface area contributed by atoms with Crippen LogP contribution < -0.4 is 20.9 Å². The largest absolute Gasteiger partial charge is 0.378 e. The second-order valence-electron chi connectivity index (χ2n) is 10.6. The minimum atomic E-state index is -0.489. The van der Waals surface area contributed by atoms with E-state index >= 15 is 0 Å². The monoisotopic (exact) mass is 681 g/mol. The molecule has 47 heavy (non-hydrogen) atoms. The van der Waals surface area contributed by atoms with Gasteiger partial charge in [-0.1, -0.05) is 66.2 Å². The van der Waals surface area contributed by atoms with Gasteiger partial charge < -0.3 is 20.9 Å². The molecular formula is C36H32ClN5O3S2. The minimum Gasteiger partial charge on any atom is -0.378 e. The maximum absolute atomic E-state index is 13.5. The van der Waals surface area contributed by atoms with Gasteiger partial charge in [0.1, 0.15) is 5.70 Å². The predicted molar refractivity (Wildman–Crippen MR) is 194 cm³/mol. The summed E-state index contributed by atoms with van der Waals surface area (Å²) in [7, 11) is 3.89. The highest BCUT2D eigenvalue weighted by molar-refractivity contribution is 8.00. The first kappa shape index (κ1) is 33.5. The Hall–Kier alpha value is -4.90. The third-order valence-electron chi connectivity index (χ3n) is 6.91. The van der Waals surface area contributed by atoms with Gasteiger partial charge in [0, 0.05) is 51.9 Å². The summed E-state index contributed by atoms with van der Waals surface area (Å²) in [4.78, 5) is 46.9. The molecule has 5 aromatic rings. The molecule has 5 rings (SSSR count). The lowest BCUT2D eigenvalue weighted by Gasteiger charge is -2.14. The molecule has 3 N–H and O–H groups in total. The standard InChI is InChI=1S/C36H32ClN5O3S2/c1-23(33(43)41-36-40-32(22-46-36)29-14-7-8-15-30(29)37)47-28-13-9-12-26(21-28)38-35(45)31(39-34(44)25-10-5-4-6-11-25)20-24-16-18-27(19-17-24)42(2)3/h4-23H,1-3H3,(H,38,45)(H,39,44)(H,40,41,43)/b31-20+. The Morgan fingerprint density at radius 2 is 1.62 bits per heavy atom. The summed E-state index contributed by atoms with van der Waals surface area (Å²) in [5.74, 6) is -1.10. The predicted octanol–water partition coefficient (Wildman–Crippen LogP) is 8.06. The van der Waals surface area contributed by atoms with Crippen molar-refractivity contribution in [3.63, 3.8) is 0 Å². The summed E-state index contributed by atoms with van der Waals surface area (Å²) in [6, 6.07) is 30.9.